The number of nitrogens with zero attached hydrogens (tertiary/aromatic N) is 1. The van der Waals surface area contributed by atoms with Crippen molar-refractivity contribution in [2.75, 3.05) is 6.61 Å². The highest BCUT2D eigenvalue weighted by molar-refractivity contribution is 4.81. The van der Waals surface area contributed by atoms with Crippen LogP contribution in [0.15, 0.2) is 12.2 Å². The van der Waals surface area contributed by atoms with E-state index in [1.54, 1.807) is 13.8 Å². The van der Waals surface area contributed by atoms with Gasteiger partial charge in [0.15, 0.2) is 0 Å². The highest BCUT2D eigenvalue weighted by Gasteiger charge is 2.16. The smallest absolute Gasteiger partial charge is 0.130 e. The van der Waals surface area contributed by atoms with E-state index >= 15 is 0 Å². The number of hydrogen-bond acceptors (Lipinski definition) is 4. The summed E-state index contributed by atoms with van der Waals surface area (Å²) in [7, 11) is 0. The molecule has 0 radical (unpaired) electrons. The molecule has 0 aromatic carbocycles. The Labute approximate surface area is 162 Å². The summed E-state index contributed by atoms with van der Waals surface area (Å²) < 4.78 is 0. The fourth-order valence-corrected chi connectivity index (χ4v) is 3.05. The first kappa shape index (κ1) is 25.6. The molecule has 0 aromatic heterocycles. The summed E-state index contributed by atoms with van der Waals surface area (Å²) in [6, 6.07) is 0. The van der Waals surface area contributed by atoms with Crippen molar-refractivity contribution in [3.8, 4) is 0 Å². The number of aliphatic hydroxyl groups is 2. The van der Waals surface area contributed by atoms with Crippen LogP contribution in [0.25, 0.3) is 0 Å². The van der Waals surface area contributed by atoms with E-state index < -0.39 is 12.5 Å². The zero-order chi connectivity index (χ0) is 19.5. The van der Waals surface area contributed by atoms with Gasteiger partial charge in [-0.1, -0.05) is 76.9 Å². The van der Waals surface area contributed by atoms with Gasteiger partial charge in [-0.2, -0.15) is 0 Å². The highest BCUT2D eigenvalue weighted by atomic mass is 16.7. The summed E-state index contributed by atoms with van der Waals surface area (Å²) in [5.74, 6) is 0. The summed E-state index contributed by atoms with van der Waals surface area (Å²) in [6.07, 6.45) is 21.1. The molecule has 0 bridgehead atoms. The average molecular weight is 372 g/mol. The molecule has 0 aromatic rings. The van der Waals surface area contributed by atoms with Crippen LogP contribution in [0.2, 0.25) is 0 Å². The summed E-state index contributed by atoms with van der Waals surface area (Å²) >= 11 is 0. The molecule has 0 aliphatic carbocycles. The van der Waals surface area contributed by atoms with Crippen molar-refractivity contribution >= 4 is 0 Å². The second kappa shape index (κ2) is 19.3. The highest BCUT2D eigenvalue weighted by Crippen LogP contribution is 2.10. The lowest BCUT2D eigenvalue weighted by Gasteiger charge is -2.26. The topological polar surface area (TPSA) is 52.9 Å². The van der Waals surface area contributed by atoms with Gasteiger partial charge in [0.05, 0.1) is 6.61 Å². The van der Waals surface area contributed by atoms with Crippen LogP contribution < -0.4 is 0 Å². The van der Waals surface area contributed by atoms with Crippen LogP contribution in [-0.2, 0) is 4.84 Å². The van der Waals surface area contributed by atoms with E-state index in [-0.39, 0.29) is 0 Å². The van der Waals surface area contributed by atoms with E-state index in [1.165, 1.54) is 82.1 Å². The van der Waals surface area contributed by atoms with Crippen molar-refractivity contribution in [2.45, 2.75) is 123 Å². The van der Waals surface area contributed by atoms with Crippen molar-refractivity contribution in [3.63, 3.8) is 0 Å². The lowest BCUT2D eigenvalue weighted by atomic mass is 10.1. The fourth-order valence-electron chi connectivity index (χ4n) is 3.05. The molecule has 0 saturated carbocycles. The third-order valence-electron chi connectivity index (χ3n) is 4.63. The molecule has 0 aliphatic rings. The normalized spacial score (nSPS) is 14.4. The fraction of sp³-hybridized carbons (Fsp3) is 0.909. The minimum Gasteiger partial charge on any atom is -0.376 e. The molecule has 0 rings (SSSR count). The van der Waals surface area contributed by atoms with E-state index in [2.05, 4.69) is 19.1 Å². The minimum atomic E-state index is -0.788. The SMILES string of the molecule is CCCCCCCC/C=C\CCCCCCCCON(C(C)O)C(C)O. The summed E-state index contributed by atoms with van der Waals surface area (Å²) in [4.78, 5) is 5.41. The molecule has 2 unspecified atom stereocenters. The first-order chi connectivity index (χ1) is 12.6. The Bertz CT molecular complexity index is 298. The van der Waals surface area contributed by atoms with E-state index in [9.17, 15) is 10.2 Å². The lowest BCUT2D eigenvalue weighted by Crippen LogP contribution is -2.40. The molecule has 2 N–H and O–H groups in total. The van der Waals surface area contributed by atoms with Crippen LogP contribution >= 0.6 is 0 Å². The molecule has 26 heavy (non-hydrogen) atoms. The van der Waals surface area contributed by atoms with E-state index in [4.69, 9.17) is 4.84 Å². The largest absolute Gasteiger partial charge is 0.376 e. The van der Waals surface area contributed by atoms with Gasteiger partial charge in [-0.15, -0.1) is 5.06 Å². The molecule has 4 heteroatoms. The number of hydroxylamine groups is 2. The zero-order valence-electron chi connectivity index (χ0n) is 17.7. The molecule has 0 aliphatic heterocycles. The molecule has 0 amide bonds. The zero-order valence-corrected chi connectivity index (χ0v) is 17.7. The van der Waals surface area contributed by atoms with Crippen molar-refractivity contribution in [3.05, 3.63) is 12.2 Å². The summed E-state index contributed by atoms with van der Waals surface area (Å²) in [5, 5.41) is 20.1. The Kier molecular flexibility index (Phi) is 19.0. The summed E-state index contributed by atoms with van der Waals surface area (Å²) in [5.41, 5.74) is 0. The number of unbranched alkanes of at least 4 members (excludes halogenated alkanes) is 12. The van der Waals surface area contributed by atoms with Crippen molar-refractivity contribution in [1.29, 1.82) is 0 Å². The number of allylic oxidation sites excluding steroid dienone is 2. The van der Waals surface area contributed by atoms with Gasteiger partial charge in [0.25, 0.3) is 0 Å². The Morgan fingerprint density at radius 1 is 0.692 bits per heavy atom. The van der Waals surface area contributed by atoms with E-state index in [1.807, 2.05) is 0 Å². The maximum atomic E-state index is 9.45. The molecule has 0 saturated heterocycles. The Balaban J connectivity index is 3.27. The maximum Gasteiger partial charge on any atom is 0.130 e. The lowest BCUT2D eigenvalue weighted by molar-refractivity contribution is -0.292. The molecule has 156 valence electrons. The number of hydrogen-bond donors (Lipinski definition) is 2. The van der Waals surface area contributed by atoms with Crippen molar-refractivity contribution in [2.24, 2.45) is 0 Å². The number of rotatable bonds is 19. The molecule has 0 fully saturated rings. The van der Waals surface area contributed by atoms with Gasteiger partial charge in [0.1, 0.15) is 12.5 Å². The van der Waals surface area contributed by atoms with Gasteiger partial charge in [0.2, 0.25) is 0 Å². The average Bonchev–Trinajstić information content (AvgIpc) is 2.60. The molecule has 0 spiro atoms. The van der Waals surface area contributed by atoms with Crippen molar-refractivity contribution < 1.29 is 15.1 Å². The first-order valence-electron chi connectivity index (χ1n) is 11.0. The van der Waals surface area contributed by atoms with E-state index in [0.717, 1.165) is 12.8 Å². The predicted molar refractivity (Wildman–Crippen MR) is 111 cm³/mol. The van der Waals surface area contributed by atoms with Crippen LogP contribution in [0.5, 0.6) is 0 Å². The van der Waals surface area contributed by atoms with Crippen LogP contribution in [-0.4, -0.2) is 34.3 Å². The first-order valence-corrected chi connectivity index (χ1v) is 11.0. The van der Waals surface area contributed by atoms with Crippen LogP contribution in [0.3, 0.4) is 0 Å². The third-order valence-corrected chi connectivity index (χ3v) is 4.63. The second-order valence-electron chi connectivity index (χ2n) is 7.39. The van der Waals surface area contributed by atoms with Gasteiger partial charge < -0.3 is 10.2 Å². The van der Waals surface area contributed by atoms with Crippen LogP contribution in [0.4, 0.5) is 0 Å². The van der Waals surface area contributed by atoms with Gasteiger partial charge >= 0.3 is 0 Å². The second-order valence-corrected chi connectivity index (χ2v) is 7.39. The van der Waals surface area contributed by atoms with Crippen LogP contribution in [0, 0.1) is 0 Å². The van der Waals surface area contributed by atoms with Gasteiger partial charge in [-0.05, 0) is 46.0 Å². The Hall–Kier alpha value is -0.420. The quantitative estimate of drug-likeness (QED) is 0.128. The van der Waals surface area contributed by atoms with Crippen molar-refractivity contribution in [1.82, 2.24) is 5.06 Å². The standard InChI is InChI=1S/C22H45NO3/c1-4-5-6-7-8-9-10-11-12-13-14-15-16-17-18-19-20-26-23(21(2)24)22(3)25/h11-12,21-22,24-25H,4-10,13-20H2,1-3H3/b12-11-. The third kappa shape index (κ3) is 17.0. The van der Waals surface area contributed by atoms with Gasteiger partial charge in [0, 0.05) is 0 Å². The predicted octanol–water partition coefficient (Wildman–Crippen LogP) is 5.93. The molecule has 0 heterocycles. The minimum absolute atomic E-state index is 0.553. The van der Waals surface area contributed by atoms with Crippen LogP contribution in [0.1, 0.15) is 111 Å². The maximum absolute atomic E-state index is 9.45. The Morgan fingerprint density at radius 3 is 1.58 bits per heavy atom. The van der Waals surface area contributed by atoms with E-state index in [0.29, 0.717) is 6.61 Å². The molecular weight excluding hydrogens is 326 g/mol. The Morgan fingerprint density at radius 2 is 1.12 bits per heavy atom. The molecular formula is C22H45NO3. The van der Waals surface area contributed by atoms with Gasteiger partial charge in [-0.3, -0.25) is 4.84 Å². The summed E-state index contributed by atoms with van der Waals surface area (Å²) in [6.45, 7) is 6.00. The monoisotopic (exact) mass is 371 g/mol. The van der Waals surface area contributed by atoms with Gasteiger partial charge in [-0.25, -0.2) is 0 Å². The molecule has 2 atom stereocenters. The molecule has 4 nitrogen and oxygen atoms in total. The number of aliphatic hydroxyl groups excluding tert-OH is 2.